The van der Waals surface area contributed by atoms with Gasteiger partial charge in [-0.3, -0.25) is 14.4 Å². The number of nitrogens with zero attached hydrogens (tertiary/aromatic N) is 1. The molecule has 1 heterocycles. The van der Waals surface area contributed by atoms with Gasteiger partial charge in [0.15, 0.2) is 5.78 Å². The number of ketones is 1. The molecule has 118 valence electrons. The van der Waals surface area contributed by atoms with Gasteiger partial charge in [0.1, 0.15) is 0 Å². The molecule has 1 N–H and O–H groups in total. The van der Waals surface area contributed by atoms with E-state index in [4.69, 9.17) is 1.37 Å². The summed E-state index contributed by atoms with van der Waals surface area (Å²) in [5.74, 6) is -0.373. The van der Waals surface area contributed by atoms with Crippen LogP contribution in [0.25, 0.3) is 0 Å². The van der Waals surface area contributed by atoms with Gasteiger partial charge in [0.25, 0.3) is 0 Å². The lowest BCUT2D eigenvalue weighted by molar-refractivity contribution is -0.121. The third kappa shape index (κ3) is 3.56. The van der Waals surface area contributed by atoms with Crippen LogP contribution in [0, 0.1) is 0 Å². The largest absolute Gasteiger partial charge is 0.320 e. The first-order valence-corrected chi connectivity index (χ1v) is 8.40. The molecule has 6 heteroatoms. The Morgan fingerprint density at radius 2 is 2.14 bits per heavy atom. The molecule has 1 aliphatic heterocycles. The second-order valence-electron chi connectivity index (χ2n) is 5.07. The van der Waals surface area contributed by atoms with Gasteiger partial charge in [-0.15, -0.1) is 0 Å². The maximum absolute atomic E-state index is 12.2. The van der Waals surface area contributed by atoms with Gasteiger partial charge in [-0.2, -0.15) is 11.8 Å². The third-order valence-electron chi connectivity index (χ3n) is 3.59. The van der Waals surface area contributed by atoms with Gasteiger partial charge in [0.05, 0.1) is 10.9 Å². The highest BCUT2D eigenvalue weighted by molar-refractivity contribution is 8.00. The number of Topliss-reactive ketones (excluding diaryl/α,β-unsaturated/α-hetero) is 1. The van der Waals surface area contributed by atoms with Crippen LogP contribution in [-0.4, -0.2) is 42.7 Å². The molecule has 0 saturated carbocycles. The third-order valence-corrected chi connectivity index (χ3v) is 4.53. The minimum Gasteiger partial charge on any atom is -0.320 e. The van der Waals surface area contributed by atoms with Gasteiger partial charge in [-0.1, -0.05) is 0 Å². The molecule has 2 amide bonds. The Labute approximate surface area is 135 Å². The fraction of sp³-hybridized carbons (Fsp3) is 0.438. The normalized spacial score (nSPS) is 18.7. The first-order chi connectivity index (χ1) is 11.1. The highest BCUT2D eigenvalue weighted by Gasteiger charge is 2.38. The molecular weight excluding hydrogens is 300 g/mol. The fourth-order valence-electron chi connectivity index (χ4n) is 2.37. The molecule has 22 heavy (non-hydrogen) atoms. The fourth-order valence-corrected chi connectivity index (χ4v) is 2.99. The molecular formula is C16H20N2O3S. The zero-order chi connectivity index (χ0) is 16.8. The van der Waals surface area contributed by atoms with Crippen LogP contribution in [0.4, 0.5) is 5.69 Å². The highest BCUT2D eigenvalue weighted by Crippen LogP contribution is 2.28. The molecule has 1 unspecified atom stereocenters. The maximum atomic E-state index is 12.2. The first kappa shape index (κ1) is 15.2. The molecule has 1 aromatic rings. The molecule has 0 radical (unpaired) electrons. The van der Waals surface area contributed by atoms with Gasteiger partial charge >= 0.3 is 0 Å². The second kappa shape index (κ2) is 7.56. The molecule has 1 saturated heterocycles. The first-order valence-electron chi connectivity index (χ1n) is 7.82. The van der Waals surface area contributed by atoms with Crippen LogP contribution < -0.4 is 10.2 Å². The van der Waals surface area contributed by atoms with Gasteiger partial charge in [-0.25, -0.2) is 4.90 Å². The Balaban J connectivity index is 2.01. The molecule has 1 atom stereocenters. The minimum absolute atomic E-state index is 0.0180. The Hall–Kier alpha value is -1.66. The number of imide groups is 1. The van der Waals surface area contributed by atoms with E-state index in [1.54, 1.807) is 24.3 Å². The zero-order valence-corrected chi connectivity index (χ0v) is 13.3. The summed E-state index contributed by atoms with van der Waals surface area (Å²) in [5.41, 5.74) is 1.09. The maximum Gasteiger partial charge on any atom is 0.247 e. The number of amides is 2. The standard InChI is InChI=1S/C16H20N2O3S/c1-17-9-3-4-13(19)11-5-7-12(8-6-11)18-15(20)10-14(22-2)16(18)21/h5-8,14,17H,3-4,9-10H2,1-2H3/i1D. The molecule has 1 aromatic carbocycles. The van der Waals surface area contributed by atoms with Crippen molar-refractivity contribution in [2.75, 3.05) is 24.7 Å². The molecule has 1 aliphatic rings. The zero-order valence-electron chi connectivity index (χ0n) is 13.5. The number of nitrogens with one attached hydrogen (secondary N) is 1. The lowest BCUT2D eigenvalue weighted by Gasteiger charge is -2.15. The number of hydrogen-bond acceptors (Lipinski definition) is 5. The summed E-state index contributed by atoms with van der Waals surface area (Å²) >= 11 is 1.38. The SMILES string of the molecule is [2H]CNCCCC(=O)c1ccc(N2C(=O)CC(SC)C2=O)cc1. The lowest BCUT2D eigenvalue weighted by atomic mass is 10.1. The van der Waals surface area contributed by atoms with Crippen molar-refractivity contribution in [3.63, 3.8) is 0 Å². The molecule has 2 rings (SSSR count). The van der Waals surface area contributed by atoms with E-state index >= 15 is 0 Å². The van der Waals surface area contributed by atoms with Crippen LogP contribution in [0.3, 0.4) is 0 Å². The van der Waals surface area contributed by atoms with Crippen molar-refractivity contribution in [1.82, 2.24) is 5.32 Å². The van der Waals surface area contributed by atoms with E-state index in [2.05, 4.69) is 5.32 Å². The minimum atomic E-state index is -0.312. The smallest absolute Gasteiger partial charge is 0.247 e. The van der Waals surface area contributed by atoms with Crippen LogP contribution in [0.15, 0.2) is 24.3 Å². The number of carbonyl (C=O) groups excluding carboxylic acids is 3. The van der Waals surface area contributed by atoms with Crippen molar-refractivity contribution < 1.29 is 15.8 Å². The summed E-state index contributed by atoms with van der Waals surface area (Å²) in [6.45, 7) is 0.639. The van der Waals surface area contributed by atoms with Crippen LogP contribution in [0.2, 0.25) is 0 Å². The van der Waals surface area contributed by atoms with E-state index in [-0.39, 0.29) is 36.3 Å². The van der Waals surface area contributed by atoms with E-state index in [0.717, 1.165) is 0 Å². The van der Waals surface area contributed by atoms with Crippen molar-refractivity contribution in [2.45, 2.75) is 24.5 Å². The Morgan fingerprint density at radius 1 is 1.41 bits per heavy atom. The molecule has 0 spiro atoms. The van der Waals surface area contributed by atoms with E-state index < -0.39 is 0 Å². The van der Waals surface area contributed by atoms with E-state index in [0.29, 0.717) is 30.6 Å². The summed E-state index contributed by atoms with van der Waals surface area (Å²) in [5, 5.41) is 2.54. The summed E-state index contributed by atoms with van der Waals surface area (Å²) in [7, 11) is 0.151. The van der Waals surface area contributed by atoms with E-state index in [1.807, 2.05) is 6.26 Å². The molecule has 0 aromatic heterocycles. The quantitative estimate of drug-likeness (QED) is 0.472. The predicted octanol–water partition coefficient (Wildman–Crippen LogP) is 1.86. The van der Waals surface area contributed by atoms with Crippen LogP contribution in [-0.2, 0) is 9.59 Å². The van der Waals surface area contributed by atoms with Gasteiger partial charge in [-0.05, 0) is 50.5 Å². The van der Waals surface area contributed by atoms with Crippen LogP contribution in [0.5, 0.6) is 0 Å². The summed E-state index contributed by atoms with van der Waals surface area (Å²) < 4.78 is 6.96. The van der Waals surface area contributed by atoms with Crippen LogP contribution >= 0.6 is 11.8 Å². The number of carbonyl (C=O) groups is 3. The monoisotopic (exact) mass is 321 g/mol. The number of thioether (sulfide) groups is 1. The van der Waals surface area contributed by atoms with E-state index in [9.17, 15) is 14.4 Å². The molecule has 0 aliphatic carbocycles. The Bertz CT molecular complexity index is 591. The van der Waals surface area contributed by atoms with Crippen molar-refractivity contribution in [2.24, 2.45) is 0 Å². The van der Waals surface area contributed by atoms with Gasteiger partial charge in [0.2, 0.25) is 11.8 Å². The molecule has 5 nitrogen and oxygen atoms in total. The highest BCUT2D eigenvalue weighted by atomic mass is 32.2. The van der Waals surface area contributed by atoms with Gasteiger partial charge in [0, 0.05) is 19.8 Å². The summed E-state index contributed by atoms with van der Waals surface area (Å²) in [6, 6.07) is 6.60. The summed E-state index contributed by atoms with van der Waals surface area (Å²) in [6.07, 6.45) is 3.13. The predicted molar refractivity (Wildman–Crippen MR) is 88.3 cm³/mol. The number of anilines is 1. The summed E-state index contributed by atoms with van der Waals surface area (Å²) in [4.78, 5) is 37.4. The van der Waals surface area contributed by atoms with Crippen molar-refractivity contribution in [3.8, 4) is 0 Å². The number of rotatable bonds is 7. The molecule has 1 fully saturated rings. The Morgan fingerprint density at radius 3 is 2.73 bits per heavy atom. The average Bonchev–Trinajstić information content (AvgIpc) is 2.85. The lowest BCUT2D eigenvalue weighted by Crippen LogP contribution is -2.31. The second-order valence-corrected chi connectivity index (χ2v) is 6.11. The topological polar surface area (TPSA) is 66.5 Å². The average molecular weight is 321 g/mol. The number of benzene rings is 1. The van der Waals surface area contributed by atoms with Crippen molar-refractivity contribution in [1.29, 1.82) is 0 Å². The van der Waals surface area contributed by atoms with Crippen LogP contribution in [0.1, 0.15) is 31.0 Å². The number of hydrogen-bond donors (Lipinski definition) is 1. The van der Waals surface area contributed by atoms with Gasteiger partial charge < -0.3 is 5.32 Å². The van der Waals surface area contributed by atoms with Crippen molar-refractivity contribution >= 4 is 35.0 Å². The van der Waals surface area contributed by atoms with Crippen molar-refractivity contribution in [3.05, 3.63) is 29.8 Å². The molecule has 0 bridgehead atoms. The Kier molecular flexibility index (Phi) is 5.24. The van der Waals surface area contributed by atoms with E-state index in [1.165, 1.54) is 16.7 Å².